The van der Waals surface area contributed by atoms with Gasteiger partial charge in [-0.2, -0.15) is 0 Å². The van der Waals surface area contributed by atoms with Gasteiger partial charge in [0.2, 0.25) is 12.3 Å². The first-order valence-corrected chi connectivity index (χ1v) is 7.32. The molecule has 1 aromatic heterocycles. The van der Waals surface area contributed by atoms with Gasteiger partial charge in [-0.25, -0.2) is 23.2 Å². The van der Waals surface area contributed by atoms with E-state index in [-0.39, 0.29) is 5.88 Å². The van der Waals surface area contributed by atoms with Crippen LogP contribution in [0.3, 0.4) is 0 Å². The van der Waals surface area contributed by atoms with Gasteiger partial charge in [-0.05, 0) is 6.07 Å². The number of nitrogens with two attached hydrogens (primary N) is 1. The average Bonchev–Trinajstić information content (AvgIpc) is 2.13. The van der Waals surface area contributed by atoms with Gasteiger partial charge in [-0.1, -0.05) is 6.07 Å². The number of pyridine rings is 1. The minimum absolute atomic E-state index is 0.230. The smallest absolute Gasteiger partial charge is 0.386 e. The van der Waals surface area contributed by atoms with Crippen LogP contribution in [0.1, 0.15) is 0 Å². The summed E-state index contributed by atoms with van der Waals surface area (Å²) in [6, 6.07) is 4.29. The first kappa shape index (κ1) is 15.2. The molecule has 0 fully saturated rings. The summed E-state index contributed by atoms with van der Waals surface area (Å²) >= 11 is 0. The molecule has 18 heavy (non-hydrogen) atoms. The molecule has 2 unspecified atom stereocenters. The Morgan fingerprint density at radius 1 is 1.22 bits per heavy atom. The molecule has 2 atom stereocenters. The number of aromatic nitrogens is 1. The summed E-state index contributed by atoms with van der Waals surface area (Å²) in [5, 5.41) is 0. The minimum atomic E-state index is -4.94. The fourth-order valence-corrected chi connectivity index (χ4v) is 1.90. The first-order chi connectivity index (χ1) is 8.18. The Morgan fingerprint density at radius 2 is 1.89 bits per heavy atom. The molecule has 0 aliphatic heterocycles. The number of phosphoric ester groups is 2. The lowest BCUT2D eigenvalue weighted by Gasteiger charge is -2.17. The molecule has 10 nitrogen and oxygen atoms in total. The summed E-state index contributed by atoms with van der Waals surface area (Å²) < 4.78 is 34.1. The predicted octanol–water partition coefficient (Wildman–Crippen LogP) is -0.0710. The average molecular weight is 300 g/mol. The van der Waals surface area contributed by atoms with Crippen molar-refractivity contribution < 1.29 is 37.4 Å². The van der Waals surface area contributed by atoms with Crippen LogP contribution in [0.5, 0.6) is 5.88 Å². The minimum Gasteiger partial charge on any atom is -0.386 e. The van der Waals surface area contributed by atoms with Crippen molar-refractivity contribution in [2.24, 2.45) is 5.73 Å². The molecule has 1 aromatic rings. The Labute approximate surface area is 101 Å². The van der Waals surface area contributed by atoms with Crippen molar-refractivity contribution in [3.63, 3.8) is 0 Å². The molecule has 5 N–H and O–H groups in total. The summed E-state index contributed by atoms with van der Waals surface area (Å²) in [5.74, 6) is -0.230. The molecule has 0 aliphatic carbocycles. The van der Waals surface area contributed by atoms with Gasteiger partial charge in [-0.15, -0.1) is 0 Å². The molecule has 1 rings (SSSR count). The Balaban J connectivity index is 2.60. The van der Waals surface area contributed by atoms with E-state index in [0.29, 0.717) is 0 Å². The molecular weight excluding hydrogens is 290 g/mol. The Kier molecular flexibility index (Phi) is 4.97. The van der Waals surface area contributed by atoms with Crippen molar-refractivity contribution in [1.29, 1.82) is 0 Å². The van der Waals surface area contributed by atoms with Gasteiger partial charge in [-0.3, -0.25) is 10.6 Å². The van der Waals surface area contributed by atoms with E-state index in [2.05, 4.69) is 18.6 Å². The summed E-state index contributed by atoms with van der Waals surface area (Å²) in [7, 11) is -9.66. The number of hydrogen-bond donors (Lipinski definition) is 4. The maximum Gasteiger partial charge on any atom is 0.532 e. The predicted molar refractivity (Wildman–Crippen MR) is 56.9 cm³/mol. The van der Waals surface area contributed by atoms with E-state index in [1.54, 1.807) is 6.07 Å². The zero-order valence-electron chi connectivity index (χ0n) is 8.69. The lowest BCUT2D eigenvalue weighted by atomic mass is 10.5. The molecule has 0 radical (unpaired) electrons. The van der Waals surface area contributed by atoms with E-state index in [9.17, 15) is 14.0 Å². The summed E-state index contributed by atoms with van der Waals surface area (Å²) in [6.07, 6.45) is -0.841. The van der Waals surface area contributed by atoms with Crippen LogP contribution >= 0.6 is 15.6 Å². The van der Waals surface area contributed by atoms with Crippen LogP contribution in [0.2, 0.25) is 0 Å². The second kappa shape index (κ2) is 5.87. The zero-order chi connectivity index (χ0) is 13.8. The number of phosphoric acid groups is 2. The fourth-order valence-electron chi connectivity index (χ4n) is 0.827. The standard InChI is InChI=1S/C6H10N2O8P2/c7-6(15-17(9,10)11)16-18(12,13)14-5-3-1-2-4-8-5/h1-4,6H,7H2,(H,12,13)(H2,9,10,11). The van der Waals surface area contributed by atoms with Gasteiger partial charge in [0, 0.05) is 12.3 Å². The third-order valence-electron chi connectivity index (χ3n) is 1.32. The lowest BCUT2D eigenvalue weighted by Crippen LogP contribution is -2.25. The molecule has 0 saturated heterocycles. The molecule has 0 saturated carbocycles. The highest BCUT2D eigenvalue weighted by atomic mass is 31.2. The van der Waals surface area contributed by atoms with E-state index >= 15 is 0 Å². The van der Waals surface area contributed by atoms with Gasteiger partial charge in [0.1, 0.15) is 0 Å². The van der Waals surface area contributed by atoms with Crippen LogP contribution in [0.4, 0.5) is 0 Å². The SMILES string of the molecule is NC(OP(=O)(O)O)OP(=O)(O)Oc1ccccn1. The van der Waals surface area contributed by atoms with Gasteiger partial charge in [0.05, 0.1) is 0 Å². The van der Waals surface area contributed by atoms with Gasteiger partial charge in [0.25, 0.3) is 0 Å². The van der Waals surface area contributed by atoms with Crippen LogP contribution in [-0.4, -0.2) is 26.1 Å². The molecule has 1 heterocycles. The van der Waals surface area contributed by atoms with Gasteiger partial charge >= 0.3 is 15.6 Å². The van der Waals surface area contributed by atoms with Crippen molar-refractivity contribution in [3.05, 3.63) is 24.4 Å². The highest BCUT2D eigenvalue weighted by Crippen LogP contribution is 2.46. The van der Waals surface area contributed by atoms with Crippen LogP contribution in [0.15, 0.2) is 24.4 Å². The van der Waals surface area contributed by atoms with E-state index in [1.807, 2.05) is 0 Å². The highest BCUT2D eigenvalue weighted by Gasteiger charge is 2.31. The highest BCUT2D eigenvalue weighted by molar-refractivity contribution is 7.48. The molecule has 102 valence electrons. The molecule has 0 aliphatic rings. The molecule has 12 heteroatoms. The second-order valence-electron chi connectivity index (χ2n) is 2.80. The molecule has 0 spiro atoms. The first-order valence-electron chi connectivity index (χ1n) is 4.29. The van der Waals surface area contributed by atoms with E-state index in [1.165, 1.54) is 18.3 Å². The van der Waals surface area contributed by atoms with Crippen molar-refractivity contribution in [2.75, 3.05) is 0 Å². The van der Waals surface area contributed by atoms with Gasteiger partial charge < -0.3 is 14.3 Å². The molecule has 0 amide bonds. The Bertz CT molecular complexity index is 476. The van der Waals surface area contributed by atoms with Crippen molar-refractivity contribution >= 4 is 15.6 Å². The third kappa shape index (κ3) is 6.20. The topological polar surface area (TPSA) is 161 Å². The van der Waals surface area contributed by atoms with Crippen LogP contribution < -0.4 is 10.3 Å². The number of rotatable bonds is 6. The maximum absolute atomic E-state index is 11.3. The van der Waals surface area contributed by atoms with Crippen LogP contribution in [0.25, 0.3) is 0 Å². The van der Waals surface area contributed by atoms with Gasteiger partial charge in [0.15, 0.2) is 0 Å². The summed E-state index contributed by atoms with van der Waals surface area (Å²) in [5.41, 5.74) is 4.93. The molecule has 0 aromatic carbocycles. The number of nitrogens with zero attached hydrogens (tertiary/aromatic N) is 1. The lowest BCUT2D eigenvalue weighted by molar-refractivity contribution is -0.0265. The maximum atomic E-state index is 11.3. The van der Waals surface area contributed by atoms with Crippen molar-refractivity contribution in [1.82, 2.24) is 4.98 Å². The number of hydrogen-bond acceptors (Lipinski definition) is 7. The van der Waals surface area contributed by atoms with E-state index in [0.717, 1.165) is 0 Å². The Hall–Kier alpha value is -0.830. The van der Waals surface area contributed by atoms with E-state index in [4.69, 9.17) is 15.5 Å². The fraction of sp³-hybridized carbons (Fsp3) is 0.167. The van der Waals surface area contributed by atoms with Crippen molar-refractivity contribution in [3.8, 4) is 5.88 Å². The van der Waals surface area contributed by atoms with Crippen LogP contribution in [0, 0.1) is 0 Å². The third-order valence-corrected chi connectivity index (χ3v) is 2.70. The summed E-state index contributed by atoms with van der Waals surface area (Å²) in [6.45, 7) is 0. The summed E-state index contributed by atoms with van der Waals surface area (Å²) in [4.78, 5) is 29.5. The largest absolute Gasteiger partial charge is 0.532 e. The molecule has 0 bridgehead atoms. The Morgan fingerprint density at radius 3 is 2.39 bits per heavy atom. The second-order valence-corrected chi connectivity index (χ2v) is 5.32. The normalized spacial score (nSPS) is 16.9. The van der Waals surface area contributed by atoms with Crippen LogP contribution in [-0.2, 0) is 18.2 Å². The molecular formula is C6H10N2O8P2. The zero-order valence-corrected chi connectivity index (χ0v) is 10.5. The quantitative estimate of drug-likeness (QED) is 0.413. The monoisotopic (exact) mass is 300 g/mol. The van der Waals surface area contributed by atoms with E-state index < -0.39 is 22.1 Å². The van der Waals surface area contributed by atoms with Crippen molar-refractivity contribution in [2.45, 2.75) is 6.41 Å².